The van der Waals surface area contributed by atoms with Crippen molar-refractivity contribution < 1.29 is 14.0 Å². The van der Waals surface area contributed by atoms with Crippen molar-refractivity contribution in [3.63, 3.8) is 0 Å². The van der Waals surface area contributed by atoms with Crippen LogP contribution in [0.15, 0.2) is 0 Å². The summed E-state index contributed by atoms with van der Waals surface area (Å²) in [5.74, 6) is -0.141. The van der Waals surface area contributed by atoms with Gasteiger partial charge in [0.2, 0.25) is 0 Å². The summed E-state index contributed by atoms with van der Waals surface area (Å²) >= 11 is 0. The van der Waals surface area contributed by atoms with Crippen LogP contribution in [0.1, 0.15) is 34.1 Å². The maximum absolute atomic E-state index is 11.4. The van der Waals surface area contributed by atoms with Gasteiger partial charge >= 0.3 is 0 Å². The van der Waals surface area contributed by atoms with Gasteiger partial charge in [-0.05, 0) is 6.92 Å². The van der Waals surface area contributed by atoms with Crippen molar-refractivity contribution in [2.75, 3.05) is 0 Å². The minimum Gasteiger partial charge on any atom is -0.418 e. The normalized spacial score (nSPS) is 14.2. The topological polar surface area (TPSA) is 43.4 Å². The van der Waals surface area contributed by atoms with E-state index in [-0.39, 0.29) is 18.0 Å². The largest absolute Gasteiger partial charge is 0.418 e. The van der Waals surface area contributed by atoms with Crippen molar-refractivity contribution in [3.05, 3.63) is 0 Å². The zero-order valence-electron chi connectivity index (χ0n) is 9.01. The first kappa shape index (κ1) is 12.5. The fraction of sp³-hybridized carbons (Fsp3) is 0.778. The third-order valence-corrected chi connectivity index (χ3v) is 2.69. The fourth-order valence-corrected chi connectivity index (χ4v) is 0.961. The molecule has 13 heavy (non-hydrogen) atoms. The Morgan fingerprint density at radius 3 is 2.15 bits per heavy atom. The van der Waals surface area contributed by atoms with E-state index in [9.17, 15) is 9.59 Å². The van der Waals surface area contributed by atoms with Gasteiger partial charge in [0.25, 0.3) is 0 Å². The van der Waals surface area contributed by atoms with Crippen molar-refractivity contribution in [1.29, 1.82) is 0 Å². The molecule has 1 unspecified atom stereocenters. The standard InChI is InChI=1S/C9H18O3Si/c1-6(12-13)7(10)5-8(11)9(2,3)4/h6H,5H2,1-4,13H3. The van der Waals surface area contributed by atoms with Gasteiger partial charge in [-0.1, -0.05) is 20.8 Å². The van der Waals surface area contributed by atoms with Crippen LogP contribution in [-0.2, 0) is 14.0 Å². The molecule has 0 aromatic heterocycles. The first-order valence-corrected chi connectivity index (χ1v) is 5.19. The Hall–Kier alpha value is -0.483. The molecule has 0 spiro atoms. The van der Waals surface area contributed by atoms with E-state index in [1.54, 1.807) is 6.92 Å². The van der Waals surface area contributed by atoms with Gasteiger partial charge in [-0.15, -0.1) is 0 Å². The molecule has 0 radical (unpaired) electrons. The number of rotatable bonds is 4. The predicted molar refractivity (Wildman–Crippen MR) is 54.6 cm³/mol. The first-order chi connectivity index (χ1) is 5.79. The van der Waals surface area contributed by atoms with E-state index in [0.29, 0.717) is 10.5 Å². The molecule has 0 aromatic rings. The Morgan fingerprint density at radius 1 is 1.38 bits per heavy atom. The second-order valence-corrected chi connectivity index (χ2v) is 4.67. The van der Waals surface area contributed by atoms with Crippen molar-refractivity contribution in [1.82, 2.24) is 0 Å². The molecule has 0 aliphatic rings. The Bertz CT molecular complexity index is 205. The van der Waals surface area contributed by atoms with Gasteiger partial charge in [0.05, 0.1) is 6.42 Å². The number of hydrogen-bond donors (Lipinski definition) is 0. The van der Waals surface area contributed by atoms with Crippen LogP contribution in [0.4, 0.5) is 0 Å². The molecule has 76 valence electrons. The van der Waals surface area contributed by atoms with Crippen molar-refractivity contribution in [2.24, 2.45) is 5.41 Å². The quantitative estimate of drug-likeness (QED) is 0.485. The molecule has 1 atom stereocenters. The predicted octanol–water partition coefficient (Wildman–Crippen LogP) is 0.246. The molecular formula is C9H18O3Si. The molecule has 4 heteroatoms. The Labute approximate surface area is 82.4 Å². The highest BCUT2D eigenvalue weighted by Crippen LogP contribution is 2.17. The molecule has 0 N–H and O–H groups in total. The van der Waals surface area contributed by atoms with Gasteiger partial charge in [0, 0.05) is 5.41 Å². The molecule has 0 heterocycles. The Morgan fingerprint density at radius 2 is 1.85 bits per heavy atom. The molecule has 0 saturated heterocycles. The summed E-state index contributed by atoms with van der Waals surface area (Å²) in [5, 5.41) is 0. The van der Waals surface area contributed by atoms with E-state index in [1.165, 1.54) is 0 Å². The number of hydrogen-bond acceptors (Lipinski definition) is 3. The molecule has 0 saturated carbocycles. The van der Waals surface area contributed by atoms with E-state index < -0.39 is 11.5 Å². The van der Waals surface area contributed by atoms with E-state index in [1.807, 2.05) is 20.8 Å². The maximum Gasteiger partial charge on any atom is 0.167 e. The van der Waals surface area contributed by atoms with Gasteiger partial charge in [-0.3, -0.25) is 9.59 Å². The molecule has 0 bridgehead atoms. The van der Waals surface area contributed by atoms with Crippen molar-refractivity contribution in [2.45, 2.75) is 40.2 Å². The lowest BCUT2D eigenvalue weighted by Crippen LogP contribution is -2.28. The lowest BCUT2D eigenvalue weighted by atomic mass is 9.87. The van der Waals surface area contributed by atoms with E-state index in [2.05, 4.69) is 0 Å². The highest BCUT2D eigenvalue weighted by Gasteiger charge is 2.25. The summed E-state index contributed by atoms with van der Waals surface area (Å²) in [4.78, 5) is 22.7. The maximum atomic E-state index is 11.4. The van der Waals surface area contributed by atoms with Crippen LogP contribution >= 0.6 is 0 Å². The van der Waals surface area contributed by atoms with Crippen LogP contribution in [0.3, 0.4) is 0 Å². The van der Waals surface area contributed by atoms with Crippen LogP contribution in [0.5, 0.6) is 0 Å². The SMILES string of the molecule is CC(O[SiH3])C(=O)CC(=O)C(C)(C)C. The zero-order chi connectivity index (χ0) is 10.6. The van der Waals surface area contributed by atoms with Gasteiger partial charge in [0.1, 0.15) is 22.4 Å². The molecule has 0 rings (SSSR count). The van der Waals surface area contributed by atoms with Gasteiger partial charge in [-0.25, -0.2) is 0 Å². The van der Waals surface area contributed by atoms with Crippen molar-refractivity contribution >= 4 is 22.1 Å². The van der Waals surface area contributed by atoms with Gasteiger partial charge in [0.15, 0.2) is 5.78 Å². The molecule has 0 aliphatic heterocycles. The Balaban J connectivity index is 4.16. The third kappa shape index (κ3) is 4.33. The monoisotopic (exact) mass is 202 g/mol. The van der Waals surface area contributed by atoms with E-state index in [4.69, 9.17) is 4.43 Å². The minimum atomic E-state index is -0.430. The first-order valence-electron chi connectivity index (χ1n) is 4.38. The molecule has 0 amide bonds. The molecular weight excluding hydrogens is 184 g/mol. The number of Topliss-reactive ketones (excluding diaryl/α,β-unsaturated/α-hetero) is 2. The van der Waals surface area contributed by atoms with Gasteiger partial charge < -0.3 is 4.43 Å². The second kappa shape index (κ2) is 4.67. The highest BCUT2D eigenvalue weighted by atomic mass is 28.2. The number of ketones is 2. The summed E-state index contributed by atoms with van der Waals surface area (Å²) in [6.45, 7) is 7.13. The lowest BCUT2D eigenvalue weighted by Gasteiger charge is -2.17. The summed E-state index contributed by atoms with van der Waals surface area (Å²) in [6, 6.07) is 0. The third-order valence-electron chi connectivity index (χ3n) is 1.98. The number of carbonyl (C=O) groups excluding carboxylic acids is 2. The second-order valence-electron chi connectivity index (χ2n) is 4.19. The average molecular weight is 202 g/mol. The highest BCUT2D eigenvalue weighted by molar-refractivity contribution is 6.05. The summed E-state index contributed by atoms with van der Waals surface area (Å²) < 4.78 is 4.96. The fourth-order valence-electron chi connectivity index (χ4n) is 0.699. The van der Waals surface area contributed by atoms with Crippen molar-refractivity contribution in [3.8, 4) is 0 Å². The molecule has 0 fully saturated rings. The van der Waals surface area contributed by atoms with Crippen LogP contribution in [0.25, 0.3) is 0 Å². The van der Waals surface area contributed by atoms with E-state index >= 15 is 0 Å². The average Bonchev–Trinajstić information content (AvgIpc) is 2.01. The lowest BCUT2D eigenvalue weighted by molar-refractivity contribution is -0.134. The molecule has 0 aromatic carbocycles. The zero-order valence-corrected chi connectivity index (χ0v) is 11.0. The summed E-state index contributed by atoms with van der Waals surface area (Å²) in [6.07, 6.45) is -0.426. The molecule has 3 nitrogen and oxygen atoms in total. The van der Waals surface area contributed by atoms with Crippen LogP contribution in [0, 0.1) is 5.41 Å². The number of carbonyl (C=O) groups is 2. The smallest absolute Gasteiger partial charge is 0.167 e. The van der Waals surface area contributed by atoms with Crippen LogP contribution in [-0.4, -0.2) is 28.2 Å². The summed E-state index contributed by atoms with van der Waals surface area (Å²) in [5.41, 5.74) is -0.430. The molecule has 0 aliphatic carbocycles. The van der Waals surface area contributed by atoms with E-state index in [0.717, 1.165) is 0 Å². The van der Waals surface area contributed by atoms with Crippen LogP contribution in [0.2, 0.25) is 0 Å². The summed E-state index contributed by atoms with van der Waals surface area (Å²) in [7, 11) is 0.528. The Kier molecular flexibility index (Phi) is 4.50. The van der Waals surface area contributed by atoms with Crippen LogP contribution < -0.4 is 0 Å². The van der Waals surface area contributed by atoms with Gasteiger partial charge in [-0.2, -0.15) is 0 Å². The minimum absolute atomic E-state index is 0.00704.